The highest BCUT2D eigenvalue weighted by molar-refractivity contribution is 5.74. The molecule has 2 N–H and O–H groups in total. The summed E-state index contributed by atoms with van der Waals surface area (Å²) in [4.78, 5) is 14.4. The number of nitrogens with one attached hydrogen (secondary N) is 2. The molecule has 2 fully saturated rings. The molecule has 0 spiro atoms. The molecule has 0 radical (unpaired) electrons. The van der Waals surface area contributed by atoms with Gasteiger partial charge < -0.3 is 20.1 Å². The lowest BCUT2D eigenvalue weighted by Crippen LogP contribution is -2.42. The number of likely N-dealkylation sites (tertiary alicyclic amines) is 1. The average molecular weight is 333 g/mol. The first kappa shape index (κ1) is 16.9. The van der Waals surface area contributed by atoms with Crippen LogP contribution in [0, 0.1) is 0 Å². The number of carbonyl (C=O) groups is 1. The fraction of sp³-hybridized carbons (Fsp3) is 0.611. The topological polar surface area (TPSA) is 62.8 Å². The Labute approximate surface area is 143 Å². The molecule has 1 saturated heterocycles. The molecule has 3 rings (SSSR count). The van der Waals surface area contributed by atoms with Crippen LogP contribution in [-0.4, -0.2) is 50.8 Å². The van der Waals surface area contributed by atoms with E-state index in [9.17, 15) is 4.79 Å². The SMILES string of the molecule is COc1ccc(C(CNC(=O)NC2CC2)N2CCCC2)cc1OC. The summed E-state index contributed by atoms with van der Waals surface area (Å²) in [5, 5.41) is 6.01. The minimum Gasteiger partial charge on any atom is -0.493 e. The Kier molecular flexibility index (Phi) is 5.45. The number of amides is 2. The van der Waals surface area contributed by atoms with Gasteiger partial charge in [-0.3, -0.25) is 4.90 Å². The summed E-state index contributed by atoms with van der Waals surface area (Å²) in [5.41, 5.74) is 1.14. The van der Waals surface area contributed by atoms with E-state index in [1.165, 1.54) is 12.8 Å². The Morgan fingerprint density at radius 3 is 2.54 bits per heavy atom. The third-order valence-electron chi connectivity index (χ3n) is 4.74. The van der Waals surface area contributed by atoms with Crippen LogP contribution >= 0.6 is 0 Å². The maximum Gasteiger partial charge on any atom is 0.315 e. The molecule has 0 bridgehead atoms. The van der Waals surface area contributed by atoms with Gasteiger partial charge in [-0.05, 0) is 56.5 Å². The van der Waals surface area contributed by atoms with Crippen LogP contribution in [0.4, 0.5) is 4.79 Å². The molecule has 132 valence electrons. The number of carbonyl (C=O) groups excluding carboxylic acids is 1. The van der Waals surface area contributed by atoms with E-state index in [4.69, 9.17) is 9.47 Å². The van der Waals surface area contributed by atoms with E-state index in [2.05, 4.69) is 21.6 Å². The van der Waals surface area contributed by atoms with E-state index in [1.54, 1.807) is 14.2 Å². The van der Waals surface area contributed by atoms with E-state index < -0.39 is 0 Å². The second-order valence-electron chi connectivity index (χ2n) is 6.50. The van der Waals surface area contributed by atoms with Crippen molar-refractivity contribution in [1.29, 1.82) is 0 Å². The quantitative estimate of drug-likeness (QED) is 0.804. The van der Waals surface area contributed by atoms with Gasteiger partial charge in [0, 0.05) is 12.6 Å². The summed E-state index contributed by atoms with van der Waals surface area (Å²) in [6, 6.07) is 6.46. The molecule has 1 aliphatic heterocycles. The number of nitrogens with zero attached hydrogens (tertiary/aromatic N) is 1. The van der Waals surface area contributed by atoms with Crippen molar-refractivity contribution in [2.75, 3.05) is 33.9 Å². The van der Waals surface area contributed by atoms with Gasteiger partial charge in [-0.2, -0.15) is 0 Å². The summed E-state index contributed by atoms with van der Waals surface area (Å²) in [6.45, 7) is 2.71. The van der Waals surface area contributed by atoms with Gasteiger partial charge in [-0.1, -0.05) is 6.07 Å². The number of methoxy groups -OCH3 is 2. The van der Waals surface area contributed by atoms with Gasteiger partial charge in [-0.25, -0.2) is 4.79 Å². The van der Waals surface area contributed by atoms with Crippen molar-refractivity contribution in [2.24, 2.45) is 0 Å². The Morgan fingerprint density at radius 2 is 1.92 bits per heavy atom. The maximum absolute atomic E-state index is 12.0. The van der Waals surface area contributed by atoms with Gasteiger partial charge in [0.05, 0.1) is 20.3 Å². The highest BCUT2D eigenvalue weighted by atomic mass is 16.5. The Morgan fingerprint density at radius 1 is 1.21 bits per heavy atom. The van der Waals surface area contributed by atoms with Crippen LogP contribution in [0.15, 0.2) is 18.2 Å². The van der Waals surface area contributed by atoms with Crippen LogP contribution in [-0.2, 0) is 0 Å². The van der Waals surface area contributed by atoms with Crippen molar-refractivity contribution in [2.45, 2.75) is 37.8 Å². The van der Waals surface area contributed by atoms with E-state index >= 15 is 0 Å². The summed E-state index contributed by atoms with van der Waals surface area (Å²) >= 11 is 0. The molecular weight excluding hydrogens is 306 g/mol. The number of ether oxygens (including phenoxy) is 2. The highest BCUT2D eigenvalue weighted by Gasteiger charge is 2.27. The van der Waals surface area contributed by atoms with Crippen molar-refractivity contribution >= 4 is 6.03 Å². The molecule has 24 heavy (non-hydrogen) atoms. The van der Waals surface area contributed by atoms with Crippen LogP contribution in [0.1, 0.15) is 37.3 Å². The third kappa shape index (κ3) is 4.12. The number of hydrogen-bond acceptors (Lipinski definition) is 4. The molecular formula is C18H27N3O3. The van der Waals surface area contributed by atoms with Crippen molar-refractivity contribution in [3.05, 3.63) is 23.8 Å². The molecule has 2 amide bonds. The van der Waals surface area contributed by atoms with Crippen LogP contribution < -0.4 is 20.1 Å². The lowest BCUT2D eigenvalue weighted by Gasteiger charge is -2.28. The second kappa shape index (κ2) is 7.75. The predicted molar refractivity (Wildman–Crippen MR) is 92.7 cm³/mol. The zero-order valence-corrected chi connectivity index (χ0v) is 14.5. The van der Waals surface area contributed by atoms with Crippen LogP contribution in [0.5, 0.6) is 11.5 Å². The first-order valence-corrected chi connectivity index (χ1v) is 8.71. The molecule has 2 aliphatic rings. The summed E-state index contributed by atoms with van der Waals surface area (Å²) in [7, 11) is 3.28. The fourth-order valence-electron chi connectivity index (χ4n) is 3.22. The van der Waals surface area contributed by atoms with Crippen LogP contribution in [0.2, 0.25) is 0 Å². The average Bonchev–Trinajstić information content (AvgIpc) is 3.24. The molecule has 1 heterocycles. The highest BCUT2D eigenvalue weighted by Crippen LogP contribution is 2.33. The molecule has 6 nitrogen and oxygen atoms in total. The van der Waals surface area contributed by atoms with Crippen molar-refractivity contribution < 1.29 is 14.3 Å². The van der Waals surface area contributed by atoms with Crippen molar-refractivity contribution in [3.8, 4) is 11.5 Å². The molecule has 6 heteroatoms. The third-order valence-corrected chi connectivity index (χ3v) is 4.74. The van der Waals surface area contributed by atoms with Gasteiger partial charge in [0.2, 0.25) is 0 Å². The molecule has 1 saturated carbocycles. The number of rotatable bonds is 7. The van der Waals surface area contributed by atoms with E-state index in [0.717, 1.165) is 43.0 Å². The number of benzene rings is 1. The molecule has 0 aromatic heterocycles. The molecule has 1 atom stereocenters. The van der Waals surface area contributed by atoms with Crippen molar-refractivity contribution in [1.82, 2.24) is 15.5 Å². The van der Waals surface area contributed by atoms with Gasteiger partial charge in [-0.15, -0.1) is 0 Å². The first-order valence-electron chi connectivity index (χ1n) is 8.71. The van der Waals surface area contributed by atoms with Crippen molar-refractivity contribution in [3.63, 3.8) is 0 Å². The van der Waals surface area contributed by atoms with E-state index in [-0.39, 0.29) is 12.1 Å². The normalized spacial score (nSPS) is 18.9. The van der Waals surface area contributed by atoms with Gasteiger partial charge in [0.15, 0.2) is 11.5 Å². The summed E-state index contributed by atoms with van der Waals surface area (Å²) in [5.74, 6) is 1.45. The first-order chi connectivity index (χ1) is 11.7. The molecule has 1 aromatic rings. The fourth-order valence-corrected chi connectivity index (χ4v) is 3.22. The zero-order valence-electron chi connectivity index (χ0n) is 14.5. The van der Waals surface area contributed by atoms with E-state index in [1.807, 2.05) is 12.1 Å². The Hall–Kier alpha value is -1.95. The van der Waals surface area contributed by atoms with Crippen LogP contribution in [0.25, 0.3) is 0 Å². The standard InChI is InChI=1S/C18H27N3O3/c1-23-16-8-5-13(11-17(16)24-2)15(21-9-3-4-10-21)12-19-18(22)20-14-6-7-14/h5,8,11,14-15H,3-4,6-7,9-10,12H2,1-2H3,(H2,19,20,22). The summed E-state index contributed by atoms with van der Waals surface area (Å²) < 4.78 is 10.8. The lowest BCUT2D eigenvalue weighted by atomic mass is 10.0. The number of urea groups is 1. The van der Waals surface area contributed by atoms with Gasteiger partial charge in [0.1, 0.15) is 0 Å². The zero-order chi connectivity index (χ0) is 16.9. The smallest absolute Gasteiger partial charge is 0.315 e. The maximum atomic E-state index is 12.0. The predicted octanol–water partition coefficient (Wildman–Crippen LogP) is 2.30. The second-order valence-corrected chi connectivity index (χ2v) is 6.50. The Bertz CT molecular complexity index is 569. The minimum atomic E-state index is -0.0674. The van der Waals surface area contributed by atoms with Crippen LogP contribution in [0.3, 0.4) is 0 Å². The Balaban J connectivity index is 1.72. The molecule has 1 unspecified atom stereocenters. The molecule has 1 aliphatic carbocycles. The molecule has 1 aromatic carbocycles. The monoisotopic (exact) mass is 333 g/mol. The largest absolute Gasteiger partial charge is 0.493 e. The minimum absolute atomic E-state index is 0.0674. The number of hydrogen-bond donors (Lipinski definition) is 2. The summed E-state index contributed by atoms with van der Waals surface area (Å²) in [6.07, 6.45) is 4.60. The van der Waals surface area contributed by atoms with Gasteiger partial charge in [0.25, 0.3) is 0 Å². The van der Waals surface area contributed by atoms with Gasteiger partial charge >= 0.3 is 6.03 Å². The lowest BCUT2D eigenvalue weighted by molar-refractivity contribution is 0.220. The van der Waals surface area contributed by atoms with E-state index in [0.29, 0.717) is 12.6 Å².